The van der Waals surface area contributed by atoms with Gasteiger partial charge in [0.1, 0.15) is 0 Å². The van der Waals surface area contributed by atoms with Gasteiger partial charge in [0, 0.05) is 47.6 Å². The highest BCUT2D eigenvalue weighted by Gasteiger charge is 2.34. The van der Waals surface area contributed by atoms with Crippen LogP contribution in [0.2, 0.25) is 0 Å². The maximum absolute atomic E-state index is 4.09. The Labute approximate surface area is 122 Å². The minimum Gasteiger partial charge on any atom is -0.369 e. The van der Waals surface area contributed by atoms with Crippen molar-refractivity contribution in [3.63, 3.8) is 0 Å². The van der Waals surface area contributed by atoms with Crippen molar-refractivity contribution in [2.75, 3.05) is 18.0 Å². The molecule has 0 spiro atoms. The zero-order valence-corrected chi connectivity index (χ0v) is 12.9. The van der Waals surface area contributed by atoms with Crippen molar-refractivity contribution in [3.05, 3.63) is 47.0 Å². The van der Waals surface area contributed by atoms with Gasteiger partial charge in [0.25, 0.3) is 0 Å². The Morgan fingerprint density at radius 3 is 2.89 bits per heavy atom. The number of aromatic nitrogens is 2. The van der Waals surface area contributed by atoms with Crippen LogP contribution in [0.25, 0.3) is 0 Å². The molecule has 0 fully saturated rings. The predicted molar refractivity (Wildman–Crippen MR) is 81.6 cm³/mol. The Kier molecular flexibility index (Phi) is 3.13. The van der Waals surface area contributed by atoms with E-state index in [-0.39, 0.29) is 5.41 Å². The number of anilines is 1. The average Bonchev–Trinajstić information content (AvgIpc) is 2.94. The van der Waals surface area contributed by atoms with Gasteiger partial charge >= 0.3 is 0 Å². The molecule has 0 atom stereocenters. The highest BCUT2D eigenvalue weighted by atomic mass is 79.9. The summed E-state index contributed by atoms with van der Waals surface area (Å²) in [6, 6.07) is 6.61. The molecule has 2 aromatic rings. The summed E-state index contributed by atoms with van der Waals surface area (Å²) in [6.45, 7) is 7.71. The second kappa shape index (κ2) is 4.67. The predicted octanol–water partition coefficient (Wildman–Crippen LogP) is 3.44. The first-order chi connectivity index (χ1) is 9.06. The van der Waals surface area contributed by atoms with E-state index in [4.69, 9.17) is 0 Å². The number of rotatable bonds is 3. The second-order valence-electron chi connectivity index (χ2n) is 5.77. The maximum Gasteiger partial charge on any atom is 0.0946 e. The van der Waals surface area contributed by atoms with Gasteiger partial charge in [-0.2, -0.15) is 0 Å². The van der Waals surface area contributed by atoms with E-state index >= 15 is 0 Å². The molecule has 3 nitrogen and oxygen atoms in total. The first-order valence-corrected chi connectivity index (χ1v) is 7.36. The number of halogens is 1. The smallest absolute Gasteiger partial charge is 0.0946 e. The van der Waals surface area contributed by atoms with Crippen molar-refractivity contribution < 1.29 is 0 Å². The molecule has 0 N–H and O–H groups in total. The third-order valence-corrected chi connectivity index (χ3v) is 4.30. The van der Waals surface area contributed by atoms with Gasteiger partial charge in [-0.1, -0.05) is 29.8 Å². The first-order valence-electron chi connectivity index (χ1n) is 6.57. The van der Waals surface area contributed by atoms with E-state index in [9.17, 15) is 0 Å². The summed E-state index contributed by atoms with van der Waals surface area (Å²) in [5.41, 5.74) is 3.02. The fourth-order valence-electron chi connectivity index (χ4n) is 2.83. The minimum absolute atomic E-state index is 0.216. The minimum atomic E-state index is 0.216. The van der Waals surface area contributed by atoms with Crippen LogP contribution in [-0.2, 0) is 12.0 Å². The largest absolute Gasteiger partial charge is 0.369 e. The van der Waals surface area contributed by atoms with E-state index < -0.39 is 0 Å². The van der Waals surface area contributed by atoms with E-state index in [1.165, 1.54) is 11.3 Å². The third-order valence-electron chi connectivity index (χ3n) is 3.80. The van der Waals surface area contributed by atoms with Crippen LogP contribution in [0.3, 0.4) is 0 Å². The first kappa shape index (κ1) is 12.7. The normalized spacial score (nSPS) is 16.7. The Hall–Kier alpha value is -1.29. The van der Waals surface area contributed by atoms with E-state index in [0.29, 0.717) is 0 Å². The lowest BCUT2D eigenvalue weighted by Crippen LogP contribution is -2.31. The summed E-state index contributed by atoms with van der Waals surface area (Å²) < 4.78 is 3.29. The van der Waals surface area contributed by atoms with Crippen LogP contribution in [0.4, 0.5) is 5.69 Å². The van der Waals surface area contributed by atoms with Gasteiger partial charge in [0.15, 0.2) is 0 Å². The second-order valence-corrected chi connectivity index (χ2v) is 6.68. The Morgan fingerprint density at radius 1 is 1.32 bits per heavy atom. The molecule has 1 aromatic carbocycles. The zero-order chi connectivity index (χ0) is 13.5. The fourth-order valence-corrected chi connectivity index (χ4v) is 3.19. The molecule has 0 saturated heterocycles. The summed E-state index contributed by atoms with van der Waals surface area (Å²) in [5, 5.41) is 0. The number of fused-ring (bicyclic) bond motifs is 1. The lowest BCUT2D eigenvalue weighted by atomic mass is 9.87. The number of nitrogens with zero attached hydrogens (tertiary/aromatic N) is 3. The zero-order valence-electron chi connectivity index (χ0n) is 11.3. The van der Waals surface area contributed by atoms with Crippen molar-refractivity contribution >= 4 is 21.6 Å². The van der Waals surface area contributed by atoms with Gasteiger partial charge in [-0.25, -0.2) is 4.98 Å². The number of imidazole rings is 1. The number of hydrogen-bond acceptors (Lipinski definition) is 2. The molecule has 19 heavy (non-hydrogen) atoms. The molecule has 1 aliphatic rings. The average molecular weight is 320 g/mol. The van der Waals surface area contributed by atoms with Crippen LogP contribution in [0.15, 0.2) is 41.4 Å². The van der Waals surface area contributed by atoms with Crippen LogP contribution < -0.4 is 4.90 Å². The highest BCUT2D eigenvalue weighted by Crippen LogP contribution is 2.41. The van der Waals surface area contributed by atoms with Crippen molar-refractivity contribution in [3.8, 4) is 0 Å². The molecule has 4 heteroatoms. The quantitative estimate of drug-likeness (QED) is 0.864. The van der Waals surface area contributed by atoms with E-state index in [2.05, 4.69) is 62.4 Å². The highest BCUT2D eigenvalue weighted by molar-refractivity contribution is 9.10. The molecular weight excluding hydrogens is 302 g/mol. The van der Waals surface area contributed by atoms with Gasteiger partial charge in [-0.15, -0.1) is 0 Å². The van der Waals surface area contributed by atoms with E-state index in [1.807, 2.05) is 18.7 Å². The van der Waals surface area contributed by atoms with Crippen molar-refractivity contribution in [2.24, 2.45) is 0 Å². The van der Waals surface area contributed by atoms with Crippen LogP contribution in [0, 0.1) is 0 Å². The standard InChI is InChI=1S/C15H18BrN3/c1-15(2)10-19(8-7-18-6-5-17-11-18)14-4-3-12(16)9-13(14)15/h3-6,9,11H,7-8,10H2,1-2H3. The molecule has 0 aliphatic carbocycles. The van der Waals surface area contributed by atoms with Crippen LogP contribution in [0.1, 0.15) is 19.4 Å². The van der Waals surface area contributed by atoms with Gasteiger partial charge in [0.2, 0.25) is 0 Å². The molecule has 1 aliphatic heterocycles. The molecule has 0 bridgehead atoms. The third kappa shape index (κ3) is 2.41. The van der Waals surface area contributed by atoms with Gasteiger partial charge in [-0.3, -0.25) is 0 Å². The maximum atomic E-state index is 4.09. The van der Waals surface area contributed by atoms with Crippen LogP contribution in [0.5, 0.6) is 0 Å². The van der Waals surface area contributed by atoms with Crippen molar-refractivity contribution in [1.29, 1.82) is 0 Å². The molecule has 2 heterocycles. The molecule has 0 saturated carbocycles. The molecule has 0 radical (unpaired) electrons. The fraction of sp³-hybridized carbons (Fsp3) is 0.400. The Bertz CT molecular complexity index is 575. The van der Waals surface area contributed by atoms with E-state index in [0.717, 1.165) is 24.1 Å². The van der Waals surface area contributed by atoms with Gasteiger partial charge < -0.3 is 9.47 Å². The van der Waals surface area contributed by atoms with Gasteiger partial charge in [0.05, 0.1) is 6.33 Å². The summed E-state index contributed by atoms with van der Waals surface area (Å²) in [5.74, 6) is 0. The molecule has 3 rings (SSSR count). The van der Waals surface area contributed by atoms with Crippen molar-refractivity contribution in [2.45, 2.75) is 25.8 Å². The molecule has 0 amide bonds. The molecule has 0 unspecified atom stereocenters. The van der Waals surface area contributed by atoms with Crippen molar-refractivity contribution in [1.82, 2.24) is 9.55 Å². The number of hydrogen-bond donors (Lipinski definition) is 0. The SMILES string of the molecule is CC1(C)CN(CCn2ccnc2)c2ccc(Br)cc21. The Morgan fingerprint density at radius 2 is 2.16 bits per heavy atom. The Balaban J connectivity index is 1.82. The monoisotopic (exact) mass is 319 g/mol. The summed E-state index contributed by atoms with van der Waals surface area (Å²) in [6.07, 6.45) is 5.73. The number of benzene rings is 1. The lowest BCUT2D eigenvalue weighted by molar-refractivity contribution is 0.539. The molecule has 1 aromatic heterocycles. The topological polar surface area (TPSA) is 21.1 Å². The van der Waals surface area contributed by atoms with Crippen LogP contribution in [-0.4, -0.2) is 22.6 Å². The van der Waals surface area contributed by atoms with E-state index in [1.54, 1.807) is 0 Å². The lowest BCUT2D eigenvalue weighted by Gasteiger charge is -2.22. The molecule has 100 valence electrons. The van der Waals surface area contributed by atoms with Crippen LogP contribution >= 0.6 is 15.9 Å². The summed E-state index contributed by atoms with van der Waals surface area (Å²) in [4.78, 5) is 6.56. The summed E-state index contributed by atoms with van der Waals surface area (Å²) >= 11 is 3.58. The van der Waals surface area contributed by atoms with Gasteiger partial charge in [-0.05, 0) is 23.8 Å². The molecular formula is C15H18BrN3. The summed E-state index contributed by atoms with van der Waals surface area (Å²) in [7, 11) is 0.